The molecule has 1 aromatic carbocycles. The number of carbonyl (C=O) groups is 1. The van der Waals surface area contributed by atoms with Gasteiger partial charge in [0.1, 0.15) is 23.0 Å². The molecule has 0 aromatic heterocycles. The summed E-state index contributed by atoms with van der Waals surface area (Å²) in [7, 11) is 0. The molecule has 1 N–H and O–H groups in total. The fourth-order valence-corrected chi connectivity index (χ4v) is 1.01. The first kappa shape index (κ1) is 11.3. The Bertz CT molecular complexity index is 381. The van der Waals surface area contributed by atoms with Gasteiger partial charge in [-0.1, -0.05) is 6.08 Å². The van der Waals surface area contributed by atoms with Gasteiger partial charge in [-0.25, -0.2) is 13.2 Å². The van der Waals surface area contributed by atoms with Crippen LogP contribution < -0.4 is 5.32 Å². The summed E-state index contributed by atoms with van der Waals surface area (Å²) in [6.45, 7) is 3.40. The number of nitrogens with one attached hydrogen (secondary N) is 1. The van der Waals surface area contributed by atoms with E-state index in [1.165, 1.54) is 6.08 Å². The Hall–Kier alpha value is -1.78. The van der Waals surface area contributed by atoms with Crippen LogP contribution in [0.4, 0.5) is 13.2 Å². The van der Waals surface area contributed by atoms with Crippen LogP contribution in [-0.4, -0.2) is 12.5 Å². The minimum atomic E-state index is -1.23. The van der Waals surface area contributed by atoms with Crippen molar-refractivity contribution in [3.63, 3.8) is 0 Å². The van der Waals surface area contributed by atoms with Crippen LogP contribution in [-0.2, 0) is 0 Å². The summed E-state index contributed by atoms with van der Waals surface area (Å²) in [5.41, 5.74) is -0.793. The number of amides is 1. The van der Waals surface area contributed by atoms with Gasteiger partial charge in [0.25, 0.3) is 5.91 Å². The van der Waals surface area contributed by atoms with Crippen molar-refractivity contribution in [2.45, 2.75) is 0 Å². The molecule has 0 saturated heterocycles. The highest BCUT2D eigenvalue weighted by Gasteiger charge is 2.17. The summed E-state index contributed by atoms with van der Waals surface area (Å²) >= 11 is 0. The van der Waals surface area contributed by atoms with Crippen LogP contribution in [0.25, 0.3) is 0 Å². The predicted molar refractivity (Wildman–Crippen MR) is 48.8 cm³/mol. The molecule has 0 heterocycles. The lowest BCUT2D eigenvalue weighted by atomic mass is 10.2. The highest BCUT2D eigenvalue weighted by Crippen LogP contribution is 2.14. The zero-order chi connectivity index (χ0) is 11.4. The minimum Gasteiger partial charge on any atom is -0.348 e. The van der Waals surface area contributed by atoms with Crippen LogP contribution in [0.5, 0.6) is 0 Å². The number of carbonyl (C=O) groups excluding carboxylic acids is 1. The molecule has 1 aromatic rings. The van der Waals surface area contributed by atoms with E-state index in [-0.39, 0.29) is 6.54 Å². The predicted octanol–water partition coefficient (Wildman–Crippen LogP) is 2.02. The number of hydrogen-bond donors (Lipinski definition) is 1. The largest absolute Gasteiger partial charge is 0.348 e. The van der Waals surface area contributed by atoms with Crippen molar-refractivity contribution in [3.8, 4) is 0 Å². The van der Waals surface area contributed by atoms with Gasteiger partial charge in [-0.15, -0.1) is 6.58 Å². The molecule has 1 amide bonds. The van der Waals surface area contributed by atoms with E-state index in [4.69, 9.17) is 0 Å². The standard InChI is InChI=1S/C10H8F3NO/c1-2-3-14-10(15)9-7(12)4-6(11)5-8(9)13/h2,4-5H,1,3H2,(H,14,15). The van der Waals surface area contributed by atoms with Gasteiger partial charge in [0.15, 0.2) is 0 Å². The molecule has 0 spiro atoms. The van der Waals surface area contributed by atoms with Gasteiger partial charge in [-0.2, -0.15) is 0 Å². The van der Waals surface area contributed by atoms with E-state index >= 15 is 0 Å². The molecule has 0 fully saturated rings. The van der Waals surface area contributed by atoms with E-state index in [0.29, 0.717) is 12.1 Å². The second-order valence-electron chi connectivity index (χ2n) is 2.74. The molecular weight excluding hydrogens is 207 g/mol. The molecule has 0 aliphatic rings. The molecule has 15 heavy (non-hydrogen) atoms. The fourth-order valence-electron chi connectivity index (χ4n) is 1.01. The zero-order valence-corrected chi connectivity index (χ0v) is 7.69. The minimum absolute atomic E-state index is 0.0785. The molecular formula is C10H8F3NO. The maximum Gasteiger partial charge on any atom is 0.257 e. The van der Waals surface area contributed by atoms with Gasteiger partial charge < -0.3 is 5.32 Å². The van der Waals surface area contributed by atoms with Gasteiger partial charge in [0.05, 0.1) is 0 Å². The van der Waals surface area contributed by atoms with Gasteiger partial charge in [-0.05, 0) is 0 Å². The lowest BCUT2D eigenvalue weighted by molar-refractivity contribution is 0.0949. The first-order valence-corrected chi connectivity index (χ1v) is 4.10. The monoisotopic (exact) mass is 215 g/mol. The molecule has 1 rings (SSSR count). The van der Waals surface area contributed by atoms with Gasteiger partial charge in [0.2, 0.25) is 0 Å². The van der Waals surface area contributed by atoms with E-state index in [0.717, 1.165) is 0 Å². The zero-order valence-electron chi connectivity index (χ0n) is 7.69. The highest BCUT2D eigenvalue weighted by atomic mass is 19.1. The summed E-state index contributed by atoms with van der Waals surface area (Å²) in [6, 6.07) is 0.901. The maximum atomic E-state index is 13.0. The molecule has 0 radical (unpaired) electrons. The normalized spacial score (nSPS) is 9.80. The summed E-state index contributed by atoms with van der Waals surface area (Å²) in [4.78, 5) is 11.2. The lowest BCUT2D eigenvalue weighted by Crippen LogP contribution is -2.25. The van der Waals surface area contributed by atoms with Crippen LogP contribution in [0.1, 0.15) is 10.4 Å². The first-order chi connectivity index (χ1) is 7.06. The van der Waals surface area contributed by atoms with Crippen molar-refractivity contribution >= 4 is 5.91 Å². The molecule has 2 nitrogen and oxygen atoms in total. The van der Waals surface area contributed by atoms with Gasteiger partial charge in [-0.3, -0.25) is 4.79 Å². The molecule has 80 valence electrons. The van der Waals surface area contributed by atoms with Crippen LogP contribution in [0.2, 0.25) is 0 Å². The third-order valence-corrected chi connectivity index (χ3v) is 1.64. The Morgan fingerprint density at radius 2 is 1.87 bits per heavy atom. The Kier molecular flexibility index (Phi) is 3.49. The summed E-state index contributed by atoms with van der Waals surface area (Å²) in [6.07, 6.45) is 1.36. The van der Waals surface area contributed by atoms with Crippen LogP contribution in [0, 0.1) is 17.5 Å². The average Bonchev–Trinajstić information content (AvgIpc) is 2.12. The number of rotatable bonds is 3. The fraction of sp³-hybridized carbons (Fsp3) is 0.100. The molecule has 0 aliphatic heterocycles. The van der Waals surface area contributed by atoms with Gasteiger partial charge in [0, 0.05) is 18.7 Å². The van der Waals surface area contributed by atoms with E-state index in [9.17, 15) is 18.0 Å². The number of benzene rings is 1. The van der Waals surface area contributed by atoms with Crippen LogP contribution in [0.3, 0.4) is 0 Å². The second kappa shape index (κ2) is 4.63. The SMILES string of the molecule is C=CCNC(=O)c1c(F)cc(F)cc1F. The van der Waals surface area contributed by atoms with E-state index < -0.39 is 28.9 Å². The van der Waals surface area contributed by atoms with E-state index in [1.807, 2.05) is 0 Å². The van der Waals surface area contributed by atoms with Crippen LogP contribution in [0.15, 0.2) is 24.8 Å². The Labute approximate surface area is 84.4 Å². The van der Waals surface area contributed by atoms with E-state index in [2.05, 4.69) is 11.9 Å². The molecule has 0 unspecified atom stereocenters. The van der Waals surface area contributed by atoms with E-state index in [1.54, 1.807) is 0 Å². The molecule has 0 aliphatic carbocycles. The van der Waals surface area contributed by atoms with Crippen molar-refractivity contribution in [1.82, 2.24) is 5.32 Å². The second-order valence-corrected chi connectivity index (χ2v) is 2.74. The van der Waals surface area contributed by atoms with Crippen molar-refractivity contribution in [2.75, 3.05) is 6.54 Å². The van der Waals surface area contributed by atoms with Crippen LogP contribution >= 0.6 is 0 Å². The number of hydrogen-bond acceptors (Lipinski definition) is 1. The summed E-state index contributed by atoms with van der Waals surface area (Å²) in [5, 5.41) is 2.19. The number of halogens is 3. The van der Waals surface area contributed by atoms with Gasteiger partial charge >= 0.3 is 0 Å². The summed E-state index contributed by atoms with van der Waals surface area (Å²) < 4.78 is 38.5. The quantitative estimate of drug-likeness (QED) is 0.768. The Balaban J connectivity index is 3.03. The average molecular weight is 215 g/mol. The van der Waals surface area contributed by atoms with Crippen molar-refractivity contribution in [1.29, 1.82) is 0 Å². The first-order valence-electron chi connectivity index (χ1n) is 4.10. The Morgan fingerprint density at radius 1 is 1.33 bits per heavy atom. The van der Waals surface area contributed by atoms with Crippen molar-refractivity contribution in [2.24, 2.45) is 0 Å². The van der Waals surface area contributed by atoms with Crippen molar-refractivity contribution < 1.29 is 18.0 Å². The third kappa shape index (κ3) is 2.59. The third-order valence-electron chi connectivity index (χ3n) is 1.64. The highest BCUT2D eigenvalue weighted by molar-refractivity contribution is 5.94. The molecule has 0 bridgehead atoms. The molecule has 0 atom stereocenters. The molecule has 0 saturated carbocycles. The molecule has 5 heteroatoms. The summed E-state index contributed by atoms with van der Waals surface area (Å²) in [5.74, 6) is -4.46. The Morgan fingerprint density at radius 3 is 2.33 bits per heavy atom. The lowest BCUT2D eigenvalue weighted by Gasteiger charge is -2.04. The van der Waals surface area contributed by atoms with Crippen molar-refractivity contribution in [3.05, 3.63) is 47.8 Å². The maximum absolute atomic E-state index is 13.0. The smallest absolute Gasteiger partial charge is 0.257 e. The topological polar surface area (TPSA) is 29.1 Å².